The van der Waals surface area contributed by atoms with Crippen LogP contribution in [0.4, 0.5) is 0 Å². The molecule has 1 saturated carbocycles. The van der Waals surface area contributed by atoms with Crippen LogP contribution >= 0.6 is 0 Å². The van der Waals surface area contributed by atoms with Crippen LogP contribution in [0.5, 0.6) is 0 Å². The van der Waals surface area contributed by atoms with E-state index in [2.05, 4.69) is 6.92 Å². The van der Waals surface area contributed by atoms with Gasteiger partial charge in [-0.05, 0) is 32.1 Å². The zero-order valence-electron chi connectivity index (χ0n) is 7.30. The summed E-state index contributed by atoms with van der Waals surface area (Å²) in [5.41, 5.74) is 0. The number of carbonyl (C=O) groups excluding carboxylic acids is 1. The zero-order valence-corrected chi connectivity index (χ0v) is 7.30. The predicted octanol–water partition coefficient (Wildman–Crippen LogP) is 1.99. The lowest BCUT2D eigenvalue weighted by molar-refractivity contribution is -0.147. The normalized spacial score (nSPS) is 30.4. The lowest BCUT2D eigenvalue weighted by Crippen LogP contribution is -2.14. The Hall–Kier alpha value is -0.530. The van der Waals surface area contributed by atoms with Gasteiger partial charge in [0.25, 0.3) is 0 Å². The van der Waals surface area contributed by atoms with Gasteiger partial charge in [0.2, 0.25) is 0 Å². The summed E-state index contributed by atoms with van der Waals surface area (Å²) in [6.07, 6.45) is 3.24. The van der Waals surface area contributed by atoms with E-state index in [1.54, 1.807) is 0 Å². The number of esters is 1. The largest absolute Gasteiger partial charge is 0.466 e. The van der Waals surface area contributed by atoms with Gasteiger partial charge in [-0.2, -0.15) is 0 Å². The van der Waals surface area contributed by atoms with E-state index in [9.17, 15) is 4.79 Å². The van der Waals surface area contributed by atoms with E-state index in [1.165, 1.54) is 6.42 Å². The quantitative estimate of drug-likeness (QED) is 0.571. The molecule has 0 aliphatic heterocycles. The molecule has 1 fully saturated rings. The Labute approximate surface area is 67.9 Å². The average Bonchev–Trinajstić information content (AvgIpc) is 2.36. The van der Waals surface area contributed by atoms with Crippen molar-refractivity contribution in [1.82, 2.24) is 0 Å². The van der Waals surface area contributed by atoms with Gasteiger partial charge in [0.15, 0.2) is 0 Å². The maximum Gasteiger partial charge on any atom is 0.308 e. The first-order chi connectivity index (χ1) is 5.24. The fourth-order valence-corrected chi connectivity index (χ4v) is 1.68. The summed E-state index contributed by atoms with van der Waals surface area (Å²) in [6.45, 7) is 4.57. The van der Waals surface area contributed by atoms with Gasteiger partial charge in [-0.3, -0.25) is 4.79 Å². The molecule has 0 bridgehead atoms. The molecule has 0 spiro atoms. The molecule has 1 rings (SSSR count). The van der Waals surface area contributed by atoms with E-state index in [-0.39, 0.29) is 11.9 Å². The minimum atomic E-state index is 0.0110. The minimum Gasteiger partial charge on any atom is -0.466 e. The summed E-state index contributed by atoms with van der Waals surface area (Å²) in [7, 11) is 0. The molecule has 1 aliphatic rings. The summed E-state index contributed by atoms with van der Waals surface area (Å²) in [4.78, 5) is 11.2. The Bertz CT molecular complexity index is 142. The summed E-state index contributed by atoms with van der Waals surface area (Å²) >= 11 is 0. The molecule has 1 aliphatic carbocycles. The van der Waals surface area contributed by atoms with Crippen molar-refractivity contribution in [2.45, 2.75) is 33.1 Å². The molecular weight excluding hydrogens is 140 g/mol. The highest BCUT2D eigenvalue weighted by Crippen LogP contribution is 2.30. The molecule has 0 saturated heterocycles. The molecule has 0 radical (unpaired) electrons. The SMILES string of the molecule is CCOC(=O)[C@@H]1CC[C@H](C)C1. The van der Waals surface area contributed by atoms with Crippen LogP contribution in [-0.2, 0) is 9.53 Å². The highest BCUT2D eigenvalue weighted by Gasteiger charge is 2.27. The maximum atomic E-state index is 11.2. The van der Waals surface area contributed by atoms with E-state index in [4.69, 9.17) is 4.74 Å². The molecule has 11 heavy (non-hydrogen) atoms. The second-order valence-corrected chi connectivity index (χ2v) is 3.37. The fourth-order valence-electron chi connectivity index (χ4n) is 1.68. The standard InChI is InChI=1S/C9H16O2/c1-3-11-9(10)8-5-4-7(2)6-8/h7-8H,3-6H2,1-2H3/t7-,8+/m0/s1. The topological polar surface area (TPSA) is 26.3 Å². The molecule has 0 aromatic rings. The van der Waals surface area contributed by atoms with Gasteiger partial charge in [0.1, 0.15) is 0 Å². The highest BCUT2D eigenvalue weighted by molar-refractivity contribution is 5.72. The molecule has 0 N–H and O–H groups in total. The molecule has 0 aromatic carbocycles. The van der Waals surface area contributed by atoms with Crippen molar-refractivity contribution >= 4 is 5.97 Å². The molecule has 0 aromatic heterocycles. The van der Waals surface area contributed by atoms with Gasteiger partial charge in [-0.25, -0.2) is 0 Å². The van der Waals surface area contributed by atoms with Crippen LogP contribution < -0.4 is 0 Å². The van der Waals surface area contributed by atoms with Crippen LogP contribution in [0.3, 0.4) is 0 Å². The molecular formula is C9H16O2. The van der Waals surface area contributed by atoms with Crippen LogP contribution in [0.2, 0.25) is 0 Å². The summed E-state index contributed by atoms with van der Waals surface area (Å²) < 4.78 is 4.94. The molecule has 2 atom stereocenters. The van der Waals surface area contributed by atoms with Gasteiger partial charge in [-0.15, -0.1) is 0 Å². The van der Waals surface area contributed by atoms with Crippen LogP contribution in [-0.4, -0.2) is 12.6 Å². The first-order valence-corrected chi connectivity index (χ1v) is 4.40. The number of hydrogen-bond acceptors (Lipinski definition) is 2. The van der Waals surface area contributed by atoms with E-state index in [1.807, 2.05) is 6.92 Å². The lowest BCUT2D eigenvalue weighted by atomic mass is 10.1. The Kier molecular flexibility index (Phi) is 2.92. The van der Waals surface area contributed by atoms with Crippen molar-refractivity contribution in [3.8, 4) is 0 Å². The van der Waals surface area contributed by atoms with E-state index < -0.39 is 0 Å². The second-order valence-electron chi connectivity index (χ2n) is 3.37. The Morgan fingerprint density at radius 2 is 2.27 bits per heavy atom. The van der Waals surface area contributed by atoms with E-state index in [0.29, 0.717) is 12.5 Å². The van der Waals surface area contributed by atoms with Gasteiger partial charge in [0, 0.05) is 0 Å². The Morgan fingerprint density at radius 1 is 1.55 bits per heavy atom. The zero-order chi connectivity index (χ0) is 8.27. The predicted molar refractivity (Wildman–Crippen MR) is 43.1 cm³/mol. The Balaban J connectivity index is 2.31. The number of carbonyl (C=O) groups is 1. The Morgan fingerprint density at radius 3 is 2.73 bits per heavy atom. The smallest absolute Gasteiger partial charge is 0.308 e. The van der Waals surface area contributed by atoms with Gasteiger partial charge in [-0.1, -0.05) is 6.92 Å². The maximum absolute atomic E-state index is 11.2. The second kappa shape index (κ2) is 3.74. The monoisotopic (exact) mass is 156 g/mol. The van der Waals surface area contributed by atoms with E-state index in [0.717, 1.165) is 12.8 Å². The van der Waals surface area contributed by atoms with Gasteiger partial charge < -0.3 is 4.74 Å². The highest BCUT2D eigenvalue weighted by atomic mass is 16.5. The minimum absolute atomic E-state index is 0.0110. The molecule has 0 amide bonds. The van der Waals surface area contributed by atoms with Gasteiger partial charge >= 0.3 is 5.97 Å². The van der Waals surface area contributed by atoms with Crippen molar-refractivity contribution < 1.29 is 9.53 Å². The third-order valence-electron chi connectivity index (χ3n) is 2.31. The average molecular weight is 156 g/mol. The third-order valence-corrected chi connectivity index (χ3v) is 2.31. The third kappa shape index (κ3) is 2.21. The summed E-state index contributed by atoms with van der Waals surface area (Å²) in [6, 6.07) is 0. The number of ether oxygens (including phenoxy) is 1. The van der Waals surface area contributed by atoms with Crippen LogP contribution in [0.1, 0.15) is 33.1 Å². The van der Waals surface area contributed by atoms with E-state index >= 15 is 0 Å². The molecule has 64 valence electrons. The fraction of sp³-hybridized carbons (Fsp3) is 0.889. The number of rotatable bonds is 2. The first kappa shape index (κ1) is 8.57. The van der Waals surface area contributed by atoms with Crippen molar-refractivity contribution in [2.75, 3.05) is 6.61 Å². The van der Waals surface area contributed by atoms with Crippen molar-refractivity contribution in [1.29, 1.82) is 0 Å². The van der Waals surface area contributed by atoms with Gasteiger partial charge in [0.05, 0.1) is 12.5 Å². The van der Waals surface area contributed by atoms with Crippen molar-refractivity contribution in [3.63, 3.8) is 0 Å². The van der Waals surface area contributed by atoms with Crippen molar-refractivity contribution in [2.24, 2.45) is 11.8 Å². The summed E-state index contributed by atoms with van der Waals surface area (Å²) in [5.74, 6) is 0.922. The molecule has 0 unspecified atom stereocenters. The number of hydrogen-bond donors (Lipinski definition) is 0. The molecule has 2 heteroatoms. The van der Waals surface area contributed by atoms with Crippen LogP contribution in [0.15, 0.2) is 0 Å². The first-order valence-electron chi connectivity index (χ1n) is 4.40. The summed E-state index contributed by atoms with van der Waals surface area (Å²) in [5, 5.41) is 0. The lowest BCUT2D eigenvalue weighted by Gasteiger charge is -2.07. The van der Waals surface area contributed by atoms with Crippen LogP contribution in [0.25, 0.3) is 0 Å². The van der Waals surface area contributed by atoms with Crippen LogP contribution in [0, 0.1) is 11.8 Å². The molecule has 2 nitrogen and oxygen atoms in total. The molecule has 0 heterocycles. The van der Waals surface area contributed by atoms with Crippen molar-refractivity contribution in [3.05, 3.63) is 0 Å².